The van der Waals surface area contributed by atoms with E-state index in [4.69, 9.17) is 4.74 Å². The average Bonchev–Trinajstić information content (AvgIpc) is 3.22. The third-order valence-electron chi connectivity index (χ3n) is 5.85. The minimum atomic E-state index is -1.03. The van der Waals surface area contributed by atoms with Crippen molar-refractivity contribution in [3.05, 3.63) is 113 Å². The summed E-state index contributed by atoms with van der Waals surface area (Å²) >= 11 is 3.93. The average molecular weight is 456 g/mol. The van der Waals surface area contributed by atoms with Crippen LogP contribution in [0.4, 0.5) is 0 Å². The summed E-state index contributed by atoms with van der Waals surface area (Å²) in [7, 11) is 0. The first-order valence-electron chi connectivity index (χ1n) is 9.56. The molecule has 144 valence electrons. The van der Waals surface area contributed by atoms with E-state index in [1.807, 2.05) is 54.7 Å². The number of H-pyrrole nitrogens is 1. The molecule has 0 spiro atoms. The van der Waals surface area contributed by atoms with Crippen molar-refractivity contribution in [2.75, 3.05) is 0 Å². The number of fused-ring (bicyclic) bond motifs is 3. The van der Waals surface area contributed by atoms with Crippen LogP contribution in [-0.2, 0) is 4.32 Å². The van der Waals surface area contributed by atoms with Gasteiger partial charge in [0.1, 0.15) is 10.1 Å². The number of allylic oxidation sites excluding steroid dienone is 2. The monoisotopic (exact) mass is 455 g/mol. The van der Waals surface area contributed by atoms with Crippen LogP contribution in [-0.4, -0.2) is 16.6 Å². The second-order valence-corrected chi connectivity index (χ2v) is 8.60. The summed E-state index contributed by atoms with van der Waals surface area (Å²) in [6.07, 6.45) is 1.89. The summed E-state index contributed by atoms with van der Waals surface area (Å²) in [6.45, 7) is 0. The molecule has 1 atom stereocenters. The molecule has 6 rings (SSSR count). The molecule has 4 aromatic rings. The van der Waals surface area contributed by atoms with Gasteiger partial charge >= 0.3 is 0 Å². The number of benzene rings is 3. The van der Waals surface area contributed by atoms with Crippen LogP contribution in [0, 0.1) is 0 Å². The van der Waals surface area contributed by atoms with Crippen LogP contribution in [0.2, 0.25) is 0 Å². The lowest BCUT2D eigenvalue weighted by Gasteiger charge is -2.38. The molecule has 2 heterocycles. The number of carbonyl (C=O) groups excluding carboxylic acids is 2. The highest BCUT2D eigenvalue weighted by molar-refractivity contribution is 9.10. The Morgan fingerprint density at radius 3 is 2.27 bits per heavy atom. The number of hydrogen-bond acceptors (Lipinski definition) is 3. The molecule has 1 unspecified atom stereocenters. The number of rotatable bonds is 1. The van der Waals surface area contributed by atoms with E-state index in [9.17, 15) is 9.59 Å². The zero-order valence-corrected chi connectivity index (χ0v) is 17.2. The smallest absolute Gasteiger partial charge is 0.229 e. The summed E-state index contributed by atoms with van der Waals surface area (Å²) in [4.78, 5) is 30.4. The van der Waals surface area contributed by atoms with E-state index in [-0.39, 0.29) is 17.3 Å². The van der Waals surface area contributed by atoms with Crippen LogP contribution in [0.1, 0.15) is 31.8 Å². The highest BCUT2D eigenvalue weighted by Gasteiger charge is 2.51. The summed E-state index contributed by atoms with van der Waals surface area (Å²) in [5.74, 6) is 0.147. The van der Waals surface area contributed by atoms with Crippen molar-refractivity contribution in [2.24, 2.45) is 0 Å². The van der Waals surface area contributed by atoms with Crippen LogP contribution in [0.15, 0.2) is 90.3 Å². The molecule has 30 heavy (non-hydrogen) atoms. The van der Waals surface area contributed by atoms with Crippen molar-refractivity contribution in [1.29, 1.82) is 0 Å². The molecule has 0 bridgehead atoms. The van der Waals surface area contributed by atoms with Gasteiger partial charge in [0.15, 0.2) is 11.5 Å². The summed E-state index contributed by atoms with van der Waals surface area (Å²) in [6, 6.07) is 22.3. The quantitative estimate of drug-likeness (QED) is 0.383. The normalized spacial score (nSPS) is 19.9. The number of aromatic nitrogens is 1. The van der Waals surface area contributed by atoms with Gasteiger partial charge in [0, 0.05) is 39.4 Å². The first-order chi connectivity index (χ1) is 14.6. The lowest BCUT2D eigenvalue weighted by Crippen LogP contribution is -2.39. The molecule has 3 aromatic carbocycles. The maximum Gasteiger partial charge on any atom is 0.229 e. The predicted octanol–water partition coefficient (Wildman–Crippen LogP) is 5.53. The number of Topliss-reactive ketones (excluding diaryl/α,β-unsaturated/α-hetero) is 2. The number of para-hydroxylation sites is 2. The van der Waals surface area contributed by atoms with E-state index >= 15 is 0 Å². The highest BCUT2D eigenvalue weighted by Crippen LogP contribution is 2.56. The number of hydrogen-bond donors (Lipinski definition) is 1. The molecule has 5 heteroatoms. The predicted molar refractivity (Wildman–Crippen MR) is 117 cm³/mol. The maximum atomic E-state index is 13.7. The number of alkyl halides is 1. The topological polar surface area (TPSA) is 59.2 Å². The molecule has 0 amide bonds. The molecule has 0 saturated heterocycles. The Morgan fingerprint density at radius 2 is 1.43 bits per heavy atom. The van der Waals surface area contributed by atoms with Crippen molar-refractivity contribution in [2.45, 2.75) is 4.32 Å². The lowest BCUT2D eigenvalue weighted by molar-refractivity contribution is 0.0925. The maximum absolute atomic E-state index is 13.7. The second kappa shape index (κ2) is 6.03. The summed E-state index contributed by atoms with van der Waals surface area (Å²) in [5, 5.41) is 0.969. The number of aromatic amines is 1. The van der Waals surface area contributed by atoms with E-state index < -0.39 is 4.32 Å². The Hall–Kier alpha value is -3.44. The van der Waals surface area contributed by atoms with E-state index in [1.54, 1.807) is 24.3 Å². The minimum Gasteiger partial charge on any atom is -0.452 e. The van der Waals surface area contributed by atoms with Crippen molar-refractivity contribution >= 4 is 38.4 Å². The molecular formula is C25H14BrNO3. The summed E-state index contributed by atoms with van der Waals surface area (Å²) in [5.41, 5.74) is 3.68. The standard InChI is InChI=1S/C25H14BrNO3/c26-25(18-13-27-19-11-5-3-9-16(18)19)17-10-4-6-12-20(17)30-24-21(25)22(28)14-7-1-2-8-15(14)23(24)29/h1-13,27H. The van der Waals surface area contributed by atoms with Gasteiger partial charge in [0.25, 0.3) is 0 Å². The molecule has 0 radical (unpaired) electrons. The Morgan fingerprint density at radius 1 is 0.767 bits per heavy atom. The van der Waals surface area contributed by atoms with Gasteiger partial charge in [-0.25, -0.2) is 0 Å². The zero-order chi connectivity index (χ0) is 20.5. The van der Waals surface area contributed by atoms with Gasteiger partial charge in [-0.05, 0) is 12.1 Å². The molecule has 4 nitrogen and oxygen atoms in total. The van der Waals surface area contributed by atoms with Crippen LogP contribution in [0.3, 0.4) is 0 Å². The second-order valence-electron chi connectivity index (χ2n) is 7.41. The molecule has 1 aromatic heterocycles. The zero-order valence-electron chi connectivity index (χ0n) is 15.6. The fourth-order valence-electron chi connectivity index (χ4n) is 4.48. The molecule has 0 fully saturated rings. The highest BCUT2D eigenvalue weighted by atomic mass is 79.9. The van der Waals surface area contributed by atoms with Crippen molar-refractivity contribution < 1.29 is 14.3 Å². The molecule has 1 N–H and O–H groups in total. The number of carbonyl (C=O) groups is 2. The van der Waals surface area contributed by atoms with Gasteiger partial charge < -0.3 is 9.72 Å². The molecule has 2 aliphatic rings. The van der Waals surface area contributed by atoms with Crippen LogP contribution in [0.5, 0.6) is 5.75 Å². The van der Waals surface area contributed by atoms with Gasteiger partial charge in [-0.2, -0.15) is 0 Å². The largest absolute Gasteiger partial charge is 0.452 e. The van der Waals surface area contributed by atoms with E-state index in [1.165, 1.54) is 0 Å². The van der Waals surface area contributed by atoms with E-state index in [2.05, 4.69) is 20.9 Å². The van der Waals surface area contributed by atoms with Gasteiger partial charge in [0.2, 0.25) is 5.78 Å². The first-order valence-corrected chi connectivity index (χ1v) is 10.4. The minimum absolute atomic E-state index is 0.0829. The Labute approximate surface area is 180 Å². The van der Waals surface area contributed by atoms with Crippen LogP contribution >= 0.6 is 15.9 Å². The third-order valence-corrected chi connectivity index (χ3v) is 7.10. The SMILES string of the molecule is O=C1C2=C(C(=O)c3ccccc31)C(Br)(c1c[nH]c3ccccc13)c1ccccc1O2. The van der Waals surface area contributed by atoms with E-state index in [0.29, 0.717) is 22.4 Å². The number of nitrogens with one attached hydrogen (secondary N) is 1. The molecule has 1 aliphatic heterocycles. The Kier molecular flexibility index (Phi) is 3.50. The van der Waals surface area contributed by atoms with Crippen molar-refractivity contribution in [3.63, 3.8) is 0 Å². The van der Waals surface area contributed by atoms with Gasteiger partial charge in [0.05, 0.1) is 5.57 Å². The van der Waals surface area contributed by atoms with Crippen LogP contribution < -0.4 is 4.74 Å². The molecule has 0 saturated carbocycles. The number of halogens is 1. The van der Waals surface area contributed by atoms with E-state index in [0.717, 1.165) is 22.0 Å². The molecular weight excluding hydrogens is 442 g/mol. The summed E-state index contributed by atoms with van der Waals surface area (Å²) < 4.78 is 5.02. The van der Waals surface area contributed by atoms with Crippen LogP contribution in [0.25, 0.3) is 10.9 Å². The molecule has 1 aliphatic carbocycles. The van der Waals surface area contributed by atoms with Crippen molar-refractivity contribution in [1.82, 2.24) is 4.98 Å². The lowest BCUT2D eigenvalue weighted by atomic mass is 9.74. The fourth-order valence-corrected chi connectivity index (χ4v) is 5.50. The first kappa shape index (κ1) is 17.4. The van der Waals surface area contributed by atoms with Gasteiger partial charge in [-0.3, -0.25) is 9.59 Å². The van der Waals surface area contributed by atoms with Gasteiger partial charge in [-0.1, -0.05) is 76.6 Å². The Bertz CT molecular complexity index is 1430. The number of ether oxygens (including phenoxy) is 1. The fraction of sp³-hybridized carbons (Fsp3) is 0.0400. The third kappa shape index (κ3) is 2.10. The van der Waals surface area contributed by atoms with Crippen molar-refractivity contribution in [3.8, 4) is 5.75 Å². The van der Waals surface area contributed by atoms with Gasteiger partial charge in [-0.15, -0.1) is 0 Å². The number of ketones is 2. The Balaban J connectivity index is 1.73.